The largest absolute Gasteiger partial charge is 0.347 e. The van der Waals surface area contributed by atoms with Gasteiger partial charge in [0.15, 0.2) is 0 Å². The molecule has 1 aromatic carbocycles. The predicted octanol–water partition coefficient (Wildman–Crippen LogP) is 2.95. The molecule has 0 saturated carbocycles. The van der Waals surface area contributed by atoms with Gasteiger partial charge in [0.2, 0.25) is 0 Å². The van der Waals surface area contributed by atoms with Crippen LogP contribution in [0, 0.1) is 6.92 Å². The summed E-state index contributed by atoms with van der Waals surface area (Å²) in [5.41, 5.74) is 2.69. The molecule has 0 aliphatic rings. The fraction of sp³-hybridized carbons (Fsp3) is 0.429. The van der Waals surface area contributed by atoms with Crippen molar-refractivity contribution in [3.05, 3.63) is 36.0 Å². The van der Waals surface area contributed by atoms with E-state index in [0.717, 1.165) is 19.6 Å². The van der Waals surface area contributed by atoms with Gasteiger partial charge in [-0.1, -0.05) is 19.1 Å². The molecule has 2 aromatic rings. The predicted molar refractivity (Wildman–Crippen MR) is 69.8 cm³/mol. The van der Waals surface area contributed by atoms with Crippen molar-refractivity contribution in [1.29, 1.82) is 0 Å². The van der Waals surface area contributed by atoms with Crippen LogP contribution in [0.4, 0.5) is 0 Å². The van der Waals surface area contributed by atoms with Crippen LogP contribution in [0.1, 0.15) is 18.9 Å². The van der Waals surface area contributed by atoms with E-state index in [1.165, 1.54) is 22.9 Å². The summed E-state index contributed by atoms with van der Waals surface area (Å²) in [4.78, 5) is 0. The fourth-order valence-corrected chi connectivity index (χ4v) is 2.04. The van der Waals surface area contributed by atoms with Crippen LogP contribution in [0.2, 0.25) is 0 Å². The number of rotatable bonds is 5. The first kappa shape index (κ1) is 11.2. The van der Waals surface area contributed by atoms with Gasteiger partial charge in [-0.2, -0.15) is 0 Å². The molecule has 0 amide bonds. The van der Waals surface area contributed by atoms with Crippen LogP contribution in [0.3, 0.4) is 0 Å². The Morgan fingerprint density at radius 2 is 2.12 bits per heavy atom. The Labute approximate surface area is 97.3 Å². The van der Waals surface area contributed by atoms with Crippen LogP contribution in [-0.2, 0) is 6.54 Å². The van der Waals surface area contributed by atoms with E-state index in [9.17, 15) is 0 Å². The molecule has 0 radical (unpaired) electrons. The van der Waals surface area contributed by atoms with Crippen molar-refractivity contribution in [2.24, 2.45) is 0 Å². The monoisotopic (exact) mass is 216 g/mol. The van der Waals surface area contributed by atoms with E-state index in [2.05, 4.69) is 54.2 Å². The molecule has 0 unspecified atom stereocenters. The zero-order chi connectivity index (χ0) is 11.4. The van der Waals surface area contributed by atoms with Crippen molar-refractivity contribution in [3.8, 4) is 0 Å². The zero-order valence-corrected chi connectivity index (χ0v) is 10.2. The molecule has 1 aromatic heterocycles. The maximum absolute atomic E-state index is 3.36. The highest BCUT2D eigenvalue weighted by molar-refractivity contribution is 5.80. The highest BCUT2D eigenvalue weighted by Crippen LogP contribution is 2.17. The minimum absolute atomic E-state index is 1.06. The van der Waals surface area contributed by atoms with Crippen LogP contribution >= 0.6 is 0 Å². The zero-order valence-electron chi connectivity index (χ0n) is 10.2. The topological polar surface area (TPSA) is 17.0 Å². The molecule has 0 atom stereocenters. The Hall–Kier alpha value is -1.28. The number of fused-ring (bicyclic) bond motifs is 1. The molecular formula is C14H20N2. The molecule has 0 fully saturated rings. The van der Waals surface area contributed by atoms with Gasteiger partial charge in [-0.15, -0.1) is 0 Å². The van der Waals surface area contributed by atoms with Gasteiger partial charge in [-0.3, -0.25) is 0 Å². The summed E-state index contributed by atoms with van der Waals surface area (Å²) in [6.07, 6.45) is 3.38. The first-order valence-electron chi connectivity index (χ1n) is 6.07. The van der Waals surface area contributed by atoms with Gasteiger partial charge in [-0.25, -0.2) is 0 Å². The van der Waals surface area contributed by atoms with Gasteiger partial charge < -0.3 is 9.88 Å². The molecule has 2 heteroatoms. The average molecular weight is 216 g/mol. The minimum Gasteiger partial charge on any atom is -0.347 e. The third-order valence-corrected chi connectivity index (χ3v) is 2.93. The molecule has 0 aliphatic carbocycles. The summed E-state index contributed by atoms with van der Waals surface area (Å²) in [5.74, 6) is 0. The lowest BCUT2D eigenvalue weighted by molar-refractivity contribution is 0.603. The maximum atomic E-state index is 3.36. The van der Waals surface area contributed by atoms with Crippen LogP contribution in [-0.4, -0.2) is 17.7 Å². The number of hydrogen-bond donors (Lipinski definition) is 1. The second-order valence-corrected chi connectivity index (χ2v) is 4.28. The molecule has 2 nitrogen and oxygen atoms in total. The number of hydrogen-bond acceptors (Lipinski definition) is 1. The fourth-order valence-electron chi connectivity index (χ4n) is 2.04. The quantitative estimate of drug-likeness (QED) is 0.760. The third-order valence-electron chi connectivity index (χ3n) is 2.93. The average Bonchev–Trinajstić information content (AvgIpc) is 2.67. The van der Waals surface area contributed by atoms with E-state index in [1.54, 1.807) is 0 Å². The van der Waals surface area contributed by atoms with Gasteiger partial charge >= 0.3 is 0 Å². The van der Waals surface area contributed by atoms with Gasteiger partial charge in [0.05, 0.1) is 0 Å². The second kappa shape index (κ2) is 5.17. The van der Waals surface area contributed by atoms with Crippen LogP contribution in [0.25, 0.3) is 10.9 Å². The van der Waals surface area contributed by atoms with Crippen LogP contribution < -0.4 is 5.32 Å². The van der Waals surface area contributed by atoms with E-state index in [1.807, 2.05) is 0 Å². The lowest BCUT2D eigenvalue weighted by Crippen LogP contribution is -2.15. The number of aryl methyl sites for hydroxylation is 2. The summed E-state index contributed by atoms with van der Waals surface area (Å²) in [6, 6.07) is 8.83. The molecule has 2 rings (SSSR count). The summed E-state index contributed by atoms with van der Waals surface area (Å²) in [7, 11) is 0. The Kier molecular flexibility index (Phi) is 3.62. The highest BCUT2D eigenvalue weighted by Gasteiger charge is 2.00. The highest BCUT2D eigenvalue weighted by atomic mass is 15.0. The number of nitrogens with zero attached hydrogens (tertiary/aromatic N) is 1. The number of benzene rings is 1. The summed E-state index contributed by atoms with van der Waals surface area (Å²) < 4.78 is 2.35. The van der Waals surface area contributed by atoms with Gasteiger partial charge in [-0.05, 0) is 49.5 Å². The Morgan fingerprint density at radius 1 is 1.25 bits per heavy atom. The van der Waals surface area contributed by atoms with Crippen molar-refractivity contribution >= 4 is 10.9 Å². The van der Waals surface area contributed by atoms with Crippen molar-refractivity contribution in [2.75, 3.05) is 13.1 Å². The standard InChI is InChI=1S/C14H20N2/c1-3-15-8-4-9-16-10-7-13-6-5-12(2)11-14(13)16/h5-7,10-11,15H,3-4,8-9H2,1-2H3. The minimum atomic E-state index is 1.06. The normalized spacial score (nSPS) is 11.1. The van der Waals surface area contributed by atoms with E-state index in [-0.39, 0.29) is 0 Å². The Morgan fingerprint density at radius 3 is 2.94 bits per heavy atom. The van der Waals surface area contributed by atoms with Crippen molar-refractivity contribution in [3.63, 3.8) is 0 Å². The molecule has 0 bridgehead atoms. The maximum Gasteiger partial charge on any atom is 0.0482 e. The van der Waals surface area contributed by atoms with E-state index in [4.69, 9.17) is 0 Å². The van der Waals surface area contributed by atoms with Crippen molar-refractivity contribution in [1.82, 2.24) is 9.88 Å². The lowest BCUT2D eigenvalue weighted by atomic mass is 10.2. The Balaban J connectivity index is 2.09. The number of nitrogens with one attached hydrogen (secondary N) is 1. The summed E-state index contributed by atoms with van der Waals surface area (Å²) in [6.45, 7) is 7.55. The lowest BCUT2D eigenvalue weighted by Gasteiger charge is -2.06. The van der Waals surface area contributed by atoms with E-state index >= 15 is 0 Å². The Bertz CT molecular complexity index is 457. The summed E-state index contributed by atoms with van der Waals surface area (Å²) in [5, 5.41) is 4.70. The smallest absolute Gasteiger partial charge is 0.0482 e. The van der Waals surface area contributed by atoms with Crippen molar-refractivity contribution in [2.45, 2.75) is 26.8 Å². The van der Waals surface area contributed by atoms with Crippen molar-refractivity contribution < 1.29 is 0 Å². The van der Waals surface area contributed by atoms with Gasteiger partial charge in [0.1, 0.15) is 0 Å². The van der Waals surface area contributed by atoms with Gasteiger partial charge in [0, 0.05) is 18.3 Å². The summed E-state index contributed by atoms with van der Waals surface area (Å²) >= 11 is 0. The molecule has 0 spiro atoms. The second-order valence-electron chi connectivity index (χ2n) is 4.28. The molecule has 1 heterocycles. The van der Waals surface area contributed by atoms with Crippen LogP contribution in [0.5, 0.6) is 0 Å². The molecule has 0 saturated heterocycles. The first-order valence-corrected chi connectivity index (χ1v) is 6.07. The SMILES string of the molecule is CCNCCCn1ccc2ccc(C)cc21. The van der Waals surface area contributed by atoms with Gasteiger partial charge in [0.25, 0.3) is 0 Å². The van der Waals surface area contributed by atoms with E-state index < -0.39 is 0 Å². The molecule has 16 heavy (non-hydrogen) atoms. The number of aromatic nitrogens is 1. The molecular weight excluding hydrogens is 196 g/mol. The van der Waals surface area contributed by atoms with Crippen LogP contribution in [0.15, 0.2) is 30.5 Å². The van der Waals surface area contributed by atoms with E-state index in [0.29, 0.717) is 0 Å². The molecule has 86 valence electrons. The third kappa shape index (κ3) is 2.45. The molecule has 0 aliphatic heterocycles. The molecule has 1 N–H and O–H groups in total. The first-order chi connectivity index (χ1) is 7.81.